The molecule has 0 fully saturated rings. The van der Waals surface area contributed by atoms with E-state index in [9.17, 15) is 18.3 Å². The second kappa shape index (κ2) is 7.05. The quantitative estimate of drug-likeness (QED) is 0.557. The van der Waals surface area contributed by atoms with Gasteiger partial charge in [-0.15, -0.1) is 0 Å². The largest absolute Gasteiger partial charge is 0.416 e. The normalized spacial score (nSPS) is 15.0. The highest BCUT2D eigenvalue weighted by atomic mass is 19.4. The molecule has 0 aromatic heterocycles. The molecule has 1 aliphatic rings. The van der Waals surface area contributed by atoms with Crippen LogP contribution in [0.1, 0.15) is 23.6 Å². The van der Waals surface area contributed by atoms with Crippen LogP contribution in [-0.2, 0) is 24.0 Å². The number of aliphatic hydroxyl groups excluding tert-OH is 1. The third-order valence-corrected chi connectivity index (χ3v) is 4.26. The van der Waals surface area contributed by atoms with Gasteiger partial charge >= 0.3 is 6.18 Å². The van der Waals surface area contributed by atoms with E-state index >= 15 is 0 Å². The molecule has 0 bridgehead atoms. The summed E-state index contributed by atoms with van der Waals surface area (Å²) in [6.07, 6.45) is -5.51. The minimum Gasteiger partial charge on any atom is -0.397 e. The van der Waals surface area contributed by atoms with Gasteiger partial charge in [-0.1, -0.05) is 6.07 Å². The summed E-state index contributed by atoms with van der Waals surface area (Å²) in [7, 11) is 0. The summed E-state index contributed by atoms with van der Waals surface area (Å²) in [5.41, 5.74) is 8.63. The molecule has 0 spiro atoms. The topological polar surface area (TPSA) is 70.8 Å². The molecule has 1 unspecified atom stereocenters. The van der Waals surface area contributed by atoms with E-state index in [2.05, 4.69) is 5.32 Å². The molecule has 0 saturated carbocycles. The Bertz CT molecular complexity index is 796. The van der Waals surface area contributed by atoms with Crippen LogP contribution in [0, 0.1) is 0 Å². The van der Waals surface area contributed by atoms with Crippen molar-refractivity contribution >= 4 is 17.1 Å². The first-order chi connectivity index (χ1) is 12.3. The number of anilines is 3. The molecule has 1 aliphatic heterocycles. The van der Waals surface area contributed by atoms with E-state index in [4.69, 9.17) is 10.5 Å². The van der Waals surface area contributed by atoms with Gasteiger partial charge in [-0.2, -0.15) is 13.2 Å². The highest BCUT2D eigenvalue weighted by Gasteiger charge is 2.32. The molecule has 0 aliphatic carbocycles. The summed E-state index contributed by atoms with van der Waals surface area (Å²) in [5, 5.41) is 12.4. The molecule has 0 amide bonds. The second-order valence-corrected chi connectivity index (χ2v) is 6.06. The zero-order chi connectivity index (χ0) is 18.9. The fraction of sp³-hybridized carbons (Fsp3) is 0.333. The summed E-state index contributed by atoms with van der Waals surface area (Å²) in [5.74, 6) is 0. The molecule has 0 saturated heterocycles. The lowest BCUT2D eigenvalue weighted by molar-refractivity contribution is -0.137. The molecule has 2 aromatic rings. The molecule has 4 N–H and O–H groups in total. The number of hydrogen-bond donors (Lipinski definition) is 3. The molecular weight excluding hydrogens is 347 g/mol. The van der Waals surface area contributed by atoms with Gasteiger partial charge in [0.15, 0.2) is 0 Å². The van der Waals surface area contributed by atoms with Crippen molar-refractivity contribution in [2.75, 3.05) is 22.6 Å². The van der Waals surface area contributed by atoms with Crippen LogP contribution in [0.15, 0.2) is 36.4 Å². The fourth-order valence-electron chi connectivity index (χ4n) is 2.96. The predicted molar refractivity (Wildman–Crippen MR) is 93.4 cm³/mol. The molecule has 8 heteroatoms. The lowest BCUT2D eigenvalue weighted by atomic mass is 10.1. The van der Waals surface area contributed by atoms with Crippen LogP contribution in [0.4, 0.5) is 30.2 Å². The van der Waals surface area contributed by atoms with E-state index in [1.165, 1.54) is 12.1 Å². The predicted octanol–water partition coefficient (Wildman–Crippen LogP) is 3.53. The third-order valence-electron chi connectivity index (χ3n) is 4.26. The summed E-state index contributed by atoms with van der Waals surface area (Å²) in [6, 6.07) is 9.06. The molecule has 2 aromatic carbocycles. The highest BCUT2D eigenvalue weighted by molar-refractivity contribution is 5.72. The Kier molecular flexibility index (Phi) is 4.97. The number of alkyl halides is 3. The van der Waals surface area contributed by atoms with Crippen molar-refractivity contribution in [2.45, 2.75) is 32.6 Å². The first-order valence-electron chi connectivity index (χ1n) is 8.17. The van der Waals surface area contributed by atoms with Gasteiger partial charge in [0, 0.05) is 25.4 Å². The molecule has 3 rings (SSSR count). The van der Waals surface area contributed by atoms with Gasteiger partial charge in [-0.05, 0) is 48.4 Å². The van der Waals surface area contributed by atoms with E-state index in [1.807, 2.05) is 4.90 Å². The number of rotatable bonds is 5. The molecule has 140 valence electrons. The Labute approximate surface area is 149 Å². The standard InChI is InChI=1S/C18H20F3N3O2/c1-2-26-17(25)23-16-6-5-14(8-15(16)22)24-9-11-3-4-13(18(19,20)21)7-12(11)10-24/h3-8,17,23,25H,2,9-10,22H2,1H3. The van der Waals surface area contributed by atoms with Crippen LogP contribution in [0.2, 0.25) is 0 Å². The van der Waals surface area contributed by atoms with Crippen molar-refractivity contribution < 1.29 is 23.0 Å². The van der Waals surface area contributed by atoms with Gasteiger partial charge in [0.2, 0.25) is 6.41 Å². The second-order valence-electron chi connectivity index (χ2n) is 6.06. The molecular formula is C18H20F3N3O2. The number of aliphatic hydroxyl groups is 1. The van der Waals surface area contributed by atoms with Crippen molar-refractivity contribution in [2.24, 2.45) is 0 Å². The average molecular weight is 367 g/mol. The minimum atomic E-state index is -4.35. The van der Waals surface area contributed by atoms with Gasteiger partial charge in [0.05, 0.1) is 16.9 Å². The number of halogens is 3. The van der Waals surface area contributed by atoms with E-state index in [-0.39, 0.29) is 0 Å². The third kappa shape index (κ3) is 3.86. The Morgan fingerprint density at radius 3 is 2.58 bits per heavy atom. The zero-order valence-corrected chi connectivity index (χ0v) is 14.2. The number of nitrogens with two attached hydrogens (primary N) is 1. The van der Waals surface area contributed by atoms with Crippen LogP contribution in [0.25, 0.3) is 0 Å². The number of nitrogens with zero attached hydrogens (tertiary/aromatic N) is 1. The number of nitrogens with one attached hydrogen (secondary N) is 1. The summed E-state index contributed by atoms with van der Waals surface area (Å²) in [4.78, 5) is 1.95. The SMILES string of the molecule is CCOC(O)Nc1ccc(N2Cc3ccc(C(F)(F)F)cc3C2)cc1N. The summed E-state index contributed by atoms with van der Waals surface area (Å²) in [6.45, 7) is 3.00. The average Bonchev–Trinajstić information content (AvgIpc) is 2.99. The Balaban J connectivity index is 1.75. The van der Waals surface area contributed by atoms with Crippen LogP contribution < -0.4 is 16.0 Å². The van der Waals surface area contributed by atoms with Crippen molar-refractivity contribution in [3.8, 4) is 0 Å². The van der Waals surface area contributed by atoms with Gasteiger partial charge in [0.1, 0.15) is 0 Å². The Morgan fingerprint density at radius 2 is 1.92 bits per heavy atom. The number of nitrogen functional groups attached to an aromatic ring is 1. The summed E-state index contributed by atoms with van der Waals surface area (Å²) >= 11 is 0. The monoisotopic (exact) mass is 367 g/mol. The maximum Gasteiger partial charge on any atom is 0.416 e. The number of fused-ring (bicyclic) bond motifs is 1. The number of benzene rings is 2. The molecule has 1 atom stereocenters. The molecule has 1 heterocycles. The number of hydrogen-bond acceptors (Lipinski definition) is 5. The minimum absolute atomic E-state index is 0.345. The van der Waals surface area contributed by atoms with Crippen LogP contribution in [-0.4, -0.2) is 18.1 Å². The lowest BCUT2D eigenvalue weighted by Crippen LogP contribution is -2.23. The highest BCUT2D eigenvalue weighted by Crippen LogP contribution is 2.36. The van der Waals surface area contributed by atoms with Crippen molar-refractivity contribution in [1.29, 1.82) is 0 Å². The maximum absolute atomic E-state index is 12.9. The van der Waals surface area contributed by atoms with Gasteiger partial charge in [-0.25, -0.2) is 0 Å². The fourth-order valence-corrected chi connectivity index (χ4v) is 2.96. The van der Waals surface area contributed by atoms with Crippen LogP contribution in [0.3, 0.4) is 0 Å². The van der Waals surface area contributed by atoms with Gasteiger partial charge < -0.3 is 25.8 Å². The molecule has 26 heavy (non-hydrogen) atoms. The summed E-state index contributed by atoms with van der Waals surface area (Å²) < 4.78 is 43.6. The van der Waals surface area contributed by atoms with Crippen LogP contribution >= 0.6 is 0 Å². The number of ether oxygens (including phenoxy) is 1. The van der Waals surface area contributed by atoms with Crippen molar-refractivity contribution in [3.05, 3.63) is 53.1 Å². The Hall–Kier alpha value is -2.45. The molecule has 0 radical (unpaired) electrons. The first kappa shape index (κ1) is 18.3. The maximum atomic E-state index is 12.9. The van der Waals surface area contributed by atoms with E-state index in [0.29, 0.717) is 36.6 Å². The Morgan fingerprint density at radius 1 is 1.19 bits per heavy atom. The smallest absolute Gasteiger partial charge is 0.397 e. The molecule has 5 nitrogen and oxygen atoms in total. The van der Waals surface area contributed by atoms with E-state index < -0.39 is 18.2 Å². The van der Waals surface area contributed by atoms with Gasteiger partial charge in [0.25, 0.3) is 0 Å². The zero-order valence-electron chi connectivity index (χ0n) is 14.2. The van der Waals surface area contributed by atoms with Crippen LogP contribution in [0.5, 0.6) is 0 Å². The van der Waals surface area contributed by atoms with Gasteiger partial charge in [-0.3, -0.25) is 0 Å². The van der Waals surface area contributed by atoms with Crippen molar-refractivity contribution in [1.82, 2.24) is 0 Å². The van der Waals surface area contributed by atoms with E-state index in [0.717, 1.165) is 17.3 Å². The first-order valence-corrected chi connectivity index (χ1v) is 8.17. The van der Waals surface area contributed by atoms with Crippen molar-refractivity contribution in [3.63, 3.8) is 0 Å². The van der Waals surface area contributed by atoms with E-state index in [1.54, 1.807) is 25.1 Å². The lowest BCUT2D eigenvalue weighted by Gasteiger charge is -2.20.